The quantitative estimate of drug-likeness (QED) is 0.936. The Bertz CT molecular complexity index is 632. The molecule has 3 nitrogen and oxygen atoms in total. The number of nitrogens with one attached hydrogen (secondary N) is 1. The van der Waals surface area contributed by atoms with Gasteiger partial charge in [-0.15, -0.1) is 0 Å². The maximum atomic E-state index is 5.61. The van der Waals surface area contributed by atoms with Crippen LogP contribution in [-0.2, 0) is 13.0 Å². The van der Waals surface area contributed by atoms with E-state index in [-0.39, 0.29) is 0 Å². The summed E-state index contributed by atoms with van der Waals surface area (Å²) in [4.78, 5) is 2.12. The van der Waals surface area contributed by atoms with Crippen molar-refractivity contribution in [3.63, 3.8) is 0 Å². The first kappa shape index (κ1) is 14.0. The molecule has 0 radical (unpaired) electrons. The highest BCUT2D eigenvalue weighted by molar-refractivity contribution is 5.77. The fourth-order valence-corrected chi connectivity index (χ4v) is 2.97. The molecule has 3 rings (SSSR count). The van der Waals surface area contributed by atoms with Gasteiger partial charge in [0.05, 0.1) is 7.11 Å². The number of ether oxygens (including phenoxy) is 1. The van der Waals surface area contributed by atoms with Crippen LogP contribution >= 0.6 is 0 Å². The number of hydrogen-bond donors (Lipinski definition) is 1. The lowest BCUT2D eigenvalue weighted by Crippen LogP contribution is -2.24. The lowest BCUT2D eigenvalue weighted by atomic mass is 9.90. The van der Waals surface area contributed by atoms with E-state index in [0.717, 1.165) is 25.3 Å². The Labute approximate surface area is 126 Å². The van der Waals surface area contributed by atoms with Crippen LogP contribution in [0.15, 0.2) is 36.4 Å². The van der Waals surface area contributed by atoms with Gasteiger partial charge in [-0.3, -0.25) is 0 Å². The van der Waals surface area contributed by atoms with Gasteiger partial charge < -0.3 is 15.0 Å². The summed E-state index contributed by atoms with van der Waals surface area (Å²) in [5.74, 6) is 0.966. The zero-order chi connectivity index (χ0) is 14.8. The molecule has 110 valence electrons. The Balaban J connectivity index is 2.11. The molecule has 0 fully saturated rings. The molecule has 3 heteroatoms. The maximum absolute atomic E-state index is 5.61. The fourth-order valence-electron chi connectivity index (χ4n) is 2.97. The molecule has 0 bridgehead atoms. The summed E-state index contributed by atoms with van der Waals surface area (Å²) in [6.07, 6.45) is 1.05. The largest absolute Gasteiger partial charge is 0.496 e. The highest BCUT2D eigenvalue weighted by atomic mass is 16.5. The van der Waals surface area contributed by atoms with Crippen molar-refractivity contribution in [2.75, 3.05) is 32.6 Å². The molecule has 0 aromatic heterocycles. The van der Waals surface area contributed by atoms with Crippen molar-refractivity contribution in [2.24, 2.45) is 0 Å². The van der Waals surface area contributed by atoms with Crippen molar-refractivity contribution in [2.45, 2.75) is 13.0 Å². The Kier molecular flexibility index (Phi) is 3.84. The van der Waals surface area contributed by atoms with E-state index in [1.54, 1.807) is 7.11 Å². The van der Waals surface area contributed by atoms with E-state index < -0.39 is 0 Å². The predicted octanol–water partition coefficient (Wildman–Crippen LogP) is 3.07. The number of methoxy groups -OCH3 is 1. The molecule has 0 aliphatic carbocycles. The van der Waals surface area contributed by atoms with Gasteiger partial charge in [0.25, 0.3) is 0 Å². The van der Waals surface area contributed by atoms with Crippen LogP contribution < -0.4 is 15.0 Å². The highest BCUT2D eigenvalue weighted by Crippen LogP contribution is 2.37. The Hall–Kier alpha value is -2.00. The summed E-state index contributed by atoms with van der Waals surface area (Å²) in [5, 5.41) is 3.43. The zero-order valence-electron chi connectivity index (χ0n) is 12.9. The maximum Gasteiger partial charge on any atom is 0.126 e. The minimum Gasteiger partial charge on any atom is -0.496 e. The SMILES string of the molecule is COc1ccc2c(c1-c1ccc(N(C)C)cc1)CCNC2. The Morgan fingerprint density at radius 2 is 1.81 bits per heavy atom. The highest BCUT2D eigenvalue weighted by Gasteiger charge is 2.18. The zero-order valence-corrected chi connectivity index (χ0v) is 12.9. The molecule has 21 heavy (non-hydrogen) atoms. The summed E-state index contributed by atoms with van der Waals surface area (Å²) in [7, 11) is 5.87. The molecular formula is C18H22N2O. The molecule has 1 heterocycles. The van der Waals surface area contributed by atoms with Crippen molar-refractivity contribution in [1.29, 1.82) is 0 Å². The molecule has 0 amide bonds. The second-order valence-electron chi connectivity index (χ2n) is 5.65. The van der Waals surface area contributed by atoms with Crippen LogP contribution in [0.25, 0.3) is 11.1 Å². The van der Waals surface area contributed by atoms with Gasteiger partial charge in [-0.05, 0) is 47.9 Å². The summed E-state index contributed by atoms with van der Waals surface area (Å²) >= 11 is 0. The van der Waals surface area contributed by atoms with E-state index in [1.807, 2.05) is 0 Å². The van der Waals surface area contributed by atoms with Crippen molar-refractivity contribution in [3.05, 3.63) is 47.5 Å². The second kappa shape index (κ2) is 5.78. The predicted molar refractivity (Wildman–Crippen MR) is 88.2 cm³/mol. The molecule has 1 N–H and O–H groups in total. The van der Waals surface area contributed by atoms with E-state index in [4.69, 9.17) is 4.74 Å². The number of rotatable bonds is 3. The smallest absolute Gasteiger partial charge is 0.126 e. The van der Waals surface area contributed by atoms with Gasteiger partial charge in [-0.25, -0.2) is 0 Å². The standard InChI is InChI=1S/C18H22N2O/c1-20(2)15-7-4-13(5-8-15)18-16-10-11-19-12-14(16)6-9-17(18)21-3/h4-9,19H,10-12H2,1-3H3. The average Bonchev–Trinajstić information content (AvgIpc) is 2.53. The van der Waals surface area contributed by atoms with E-state index in [9.17, 15) is 0 Å². The van der Waals surface area contributed by atoms with Crippen LogP contribution in [0.2, 0.25) is 0 Å². The minimum atomic E-state index is 0.947. The third kappa shape index (κ3) is 2.61. The number of anilines is 1. The molecule has 0 saturated heterocycles. The summed E-state index contributed by atoms with van der Waals surface area (Å²) in [6, 6.07) is 13.0. The van der Waals surface area contributed by atoms with Gasteiger partial charge in [0.1, 0.15) is 5.75 Å². The van der Waals surface area contributed by atoms with Crippen molar-refractivity contribution in [1.82, 2.24) is 5.32 Å². The van der Waals surface area contributed by atoms with Crippen molar-refractivity contribution in [3.8, 4) is 16.9 Å². The van der Waals surface area contributed by atoms with Gasteiger partial charge in [-0.1, -0.05) is 18.2 Å². The second-order valence-corrected chi connectivity index (χ2v) is 5.65. The first-order valence-corrected chi connectivity index (χ1v) is 7.38. The molecule has 0 atom stereocenters. The van der Waals surface area contributed by atoms with E-state index in [2.05, 4.69) is 60.7 Å². The number of nitrogens with zero attached hydrogens (tertiary/aromatic N) is 1. The van der Waals surface area contributed by atoms with Crippen LogP contribution in [0.3, 0.4) is 0 Å². The molecule has 1 aliphatic rings. The van der Waals surface area contributed by atoms with Crippen LogP contribution in [0, 0.1) is 0 Å². The molecule has 0 unspecified atom stereocenters. The number of benzene rings is 2. The van der Waals surface area contributed by atoms with Crippen LogP contribution in [0.5, 0.6) is 5.75 Å². The Morgan fingerprint density at radius 3 is 2.48 bits per heavy atom. The number of hydrogen-bond acceptors (Lipinski definition) is 3. The fraction of sp³-hybridized carbons (Fsp3) is 0.333. The van der Waals surface area contributed by atoms with Gasteiger partial charge in [0.2, 0.25) is 0 Å². The van der Waals surface area contributed by atoms with Crippen LogP contribution in [-0.4, -0.2) is 27.7 Å². The minimum absolute atomic E-state index is 0.947. The lowest BCUT2D eigenvalue weighted by molar-refractivity contribution is 0.415. The Morgan fingerprint density at radius 1 is 1.05 bits per heavy atom. The molecule has 0 spiro atoms. The molecule has 2 aromatic rings. The topological polar surface area (TPSA) is 24.5 Å². The van der Waals surface area contributed by atoms with E-state index in [0.29, 0.717) is 0 Å². The number of fused-ring (bicyclic) bond motifs is 1. The first-order valence-electron chi connectivity index (χ1n) is 7.38. The van der Waals surface area contributed by atoms with Crippen LogP contribution in [0.4, 0.5) is 5.69 Å². The van der Waals surface area contributed by atoms with Gasteiger partial charge in [0, 0.05) is 31.9 Å². The molecular weight excluding hydrogens is 260 g/mol. The van der Waals surface area contributed by atoms with E-state index >= 15 is 0 Å². The van der Waals surface area contributed by atoms with Crippen LogP contribution in [0.1, 0.15) is 11.1 Å². The summed E-state index contributed by atoms with van der Waals surface area (Å²) in [6.45, 7) is 1.98. The average molecular weight is 282 g/mol. The van der Waals surface area contributed by atoms with Gasteiger partial charge in [-0.2, -0.15) is 0 Å². The van der Waals surface area contributed by atoms with Gasteiger partial charge in [0.15, 0.2) is 0 Å². The van der Waals surface area contributed by atoms with E-state index in [1.165, 1.54) is 27.9 Å². The van der Waals surface area contributed by atoms with Crippen molar-refractivity contribution >= 4 is 5.69 Å². The van der Waals surface area contributed by atoms with Gasteiger partial charge >= 0.3 is 0 Å². The first-order chi connectivity index (χ1) is 10.2. The molecule has 2 aromatic carbocycles. The molecule has 0 saturated carbocycles. The monoisotopic (exact) mass is 282 g/mol. The lowest BCUT2D eigenvalue weighted by Gasteiger charge is -2.23. The summed E-state index contributed by atoms with van der Waals surface area (Å²) < 4.78 is 5.61. The summed E-state index contributed by atoms with van der Waals surface area (Å²) in [5.41, 5.74) is 6.50. The molecule has 1 aliphatic heterocycles. The normalized spacial score (nSPS) is 13.7. The third-order valence-electron chi connectivity index (χ3n) is 4.13. The van der Waals surface area contributed by atoms with Crippen molar-refractivity contribution < 1.29 is 4.74 Å². The third-order valence-corrected chi connectivity index (χ3v) is 4.13.